The standard InChI is InChI=1S/C10H19NO2S/c1-2-3-4-5-6-7-11-9(8-14)10(12)13/h7,9,14H,2-6,8H2,1H3,(H,12,13)/t9-/m0/s1. The van der Waals surface area contributed by atoms with Gasteiger partial charge in [0.05, 0.1) is 0 Å². The maximum absolute atomic E-state index is 10.5. The monoisotopic (exact) mass is 217 g/mol. The summed E-state index contributed by atoms with van der Waals surface area (Å²) in [6.45, 7) is 2.16. The SMILES string of the molecule is CCCCCCC=N[C@@H](CS)C(=O)O. The normalized spacial score (nSPS) is 13.3. The molecule has 0 aromatic rings. The first-order valence-corrected chi connectivity index (χ1v) is 5.71. The second kappa shape index (κ2) is 9.06. The zero-order valence-corrected chi connectivity index (χ0v) is 9.54. The van der Waals surface area contributed by atoms with E-state index < -0.39 is 12.0 Å². The van der Waals surface area contributed by atoms with E-state index in [1.54, 1.807) is 6.21 Å². The summed E-state index contributed by atoms with van der Waals surface area (Å²) in [6.07, 6.45) is 7.33. The molecular formula is C10H19NO2S. The highest BCUT2D eigenvalue weighted by molar-refractivity contribution is 7.80. The number of nitrogens with zero attached hydrogens (tertiary/aromatic N) is 1. The molecule has 1 atom stereocenters. The fraction of sp³-hybridized carbons (Fsp3) is 0.800. The summed E-state index contributed by atoms with van der Waals surface area (Å²) in [5.74, 6) is -0.634. The summed E-state index contributed by atoms with van der Waals surface area (Å²) in [4.78, 5) is 14.5. The van der Waals surface area contributed by atoms with Crippen molar-refractivity contribution in [3.05, 3.63) is 0 Å². The minimum Gasteiger partial charge on any atom is -0.480 e. The van der Waals surface area contributed by atoms with Crippen LogP contribution in [0.5, 0.6) is 0 Å². The second-order valence-electron chi connectivity index (χ2n) is 3.22. The lowest BCUT2D eigenvalue weighted by Gasteiger charge is -2.01. The van der Waals surface area contributed by atoms with E-state index in [-0.39, 0.29) is 5.75 Å². The molecule has 3 nitrogen and oxygen atoms in total. The van der Waals surface area contributed by atoms with Crippen molar-refractivity contribution in [3.8, 4) is 0 Å². The largest absolute Gasteiger partial charge is 0.480 e. The van der Waals surface area contributed by atoms with Crippen LogP contribution in [0.2, 0.25) is 0 Å². The van der Waals surface area contributed by atoms with Crippen molar-refractivity contribution in [1.29, 1.82) is 0 Å². The summed E-state index contributed by atoms with van der Waals surface area (Å²) >= 11 is 3.92. The van der Waals surface area contributed by atoms with Crippen molar-refractivity contribution >= 4 is 24.8 Å². The van der Waals surface area contributed by atoms with Crippen LogP contribution in [0.4, 0.5) is 0 Å². The van der Waals surface area contributed by atoms with E-state index >= 15 is 0 Å². The molecule has 0 aromatic carbocycles. The molecule has 0 spiro atoms. The van der Waals surface area contributed by atoms with E-state index in [4.69, 9.17) is 5.11 Å². The molecule has 0 saturated carbocycles. The molecule has 0 aliphatic rings. The Morgan fingerprint density at radius 2 is 2.21 bits per heavy atom. The van der Waals surface area contributed by atoms with Crippen molar-refractivity contribution in [2.75, 3.05) is 5.75 Å². The molecule has 4 heteroatoms. The maximum atomic E-state index is 10.5. The van der Waals surface area contributed by atoms with Crippen LogP contribution in [0.1, 0.15) is 39.0 Å². The van der Waals surface area contributed by atoms with E-state index in [1.807, 2.05) is 0 Å². The summed E-state index contributed by atoms with van der Waals surface area (Å²) in [5.41, 5.74) is 0. The van der Waals surface area contributed by atoms with Crippen LogP contribution in [0.25, 0.3) is 0 Å². The predicted molar refractivity (Wildman–Crippen MR) is 62.5 cm³/mol. The fourth-order valence-electron chi connectivity index (χ4n) is 1.05. The van der Waals surface area contributed by atoms with Gasteiger partial charge in [0.15, 0.2) is 6.04 Å². The predicted octanol–water partition coefficient (Wildman–Crippen LogP) is 2.41. The molecule has 0 unspecified atom stereocenters. The average molecular weight is 217 g/mol. The van der Waals surface area contributed by atoms with Gasteiger partial charge in [-0.1, -0.05) is 26.2 Å². The molecule has 1 N–H and O–H groups in total. The third kappa shape index (κ3) is 6.95. The Morgan fingerprint density at radius 3 is 2.71 bits per heavy atom. The molecule has 0 bridgehead atoms. The van der Waals surface area contributed by atoms with Crippen molar-refractivity contribution in [1.82, 2.24) is 0 Å². The number of hydrogen-bond donors (Lipinski definition) is 2. The van der Waals surface area contributed by atoms with E-state index in [1.165, 1.54) is 19.3 Å². The number of unbranched alkanes of at least 4 members (excludes halogenated alkanes) is 4. The lowest BCUT2D eigenvalue weighted by Crippen LogP contribution is -2.19. The zero-order chi connectivity index (χ0) is 10.8. The van der Waals surface area contributed by atoms with Crippen molar-refractivity contribution in [3.63, 3.8) is 0 Å². The molecular weight excluding hydrogens is 198 g/mol. The first-order chi connectivity index (χ1) is 6.72. The molecule has 0 aliphatic carbocycles. The molecule has 0 aliphatic heterocycles. The molecule has 0 saturated heterocycles. The Balaban J connectivity index is 3.54. The van der Waals surface area contributed by atoms with Gasteiger partial charge in [0.1, 0.15) is 0 Å². The second-order valence-corrected chi connectivity index (χ2v) is 3.58. The minimum absolute atomic E-state index is 0.265. The minimum atomic E-state index is -0.898. The number of aliphatic imine (C=N–C) groups is 1. The Bertz CT molecular complexity index is 183. The Morgan fingerprint density at radius 1 is 1.50 bits per heavy atom. The third-order valence-electron chi connectivity index (χ3n) is 1.93. The summed E-state index contributed by atoms with van der Waals surface area (Å²) in [7, 11) is 0. The Hall–Kier alpha value is -0.510. The molecule has 0 amide bonds. The molecule has 82 valence electrons. The van der Waals surface area contributed by atoms with E-state index in [9.17, 15) is 4.79 Å². The molecule has 14 heavy (non-hydrogen) atoms. The van der Waals surface area contributed by atoms with Crippen LogP contribution in [0, 0.1) is 0 Å². The number of carboxylic acid groups (broad SMARTS) is 1. The van der Waals surface area contributed by atoms with E-state index in [2.05, 4.69) is 24.5 Å². The molecule has 0 rings (SSSR count). The fourth-order valence-corrected chi connectivity index (χ4v) is 1.30. The molecule has 0 radical (unpaired) electrons. The van der Waals surface area contributed by atoms with Gasteiger partial charge in [-0.05, 0) is 19.1 Å². The maximum Gasteiger partial charge on any atom is 0.329 e. The molecule has 0 aromatic heterocycles. The van der Waals surface area contributed by atoms with Gasteiger partial charge in [0, 0.05) is 5.75 Å². The lowest BCUT2D eigenvalue weighted by atomic mass is 10.2. The Labute approximate surface area is 91.0 Å². The smallest absolute Gasteiger partial charge is 0.329 e. The van der Waals surface area contributed by atoms with Gasteiger partial charge in [0.2, 0.25) is 0 Å². The van der Waals surface area contributed by atoms with Crippen LogP contribution in [0.15, 0.2) is 4.99 Å². The van der Waals surface area contributed by atoms with Gasteiger partial charge >= 0.3 is 5.97 Å². The van der Waals surface area contributed by atoms with E-state index in [0.29, 0.717) is 0 Å². The first kappa shape index (κ1) is 13.5. The van der Waals surface area contributed by atoms with Gasteiger partial charge < -0.3 is 5.11 Å². The van der Waals surface area contributed by atoms with Gasteiger partial charge in [-0.25, -0.2) is 4.79 Å². The number of carboxylic acids is 1. The van der Waals surface area contributed by atoms with Gasteiger partial charge in [0.25, 0.3) is 0 Å². The van der Waals surface area contributed by atoms with E-state index in [0.717, 1.165) is 12.8 Å². The number of aliphatic carboxylic acids is 1. The van der Waals surface area contributed by atoms with Crippen molar-refractivity contribution < 1.29 is 9.90 Å². The number of carbonyl (C=O) groups is 1. The zero-order valence-electron chi connectivity index (χ0n) is 8.65. The summed E-state index contributed by atoms with van der Waals surface area (Å²) < 4.78 is 0. The molecule has 0 fully saturated rings. The highest BCUT2D eigenvalue weighted by Crippen LogP contribution is 2.01. The summed E-state index contributed by atoms with van der Waals surface area (Å²) in [5, 5.41) is 8.65. The number of hydrogen-bond acceptors (Lipinski definition) is 3. The van der Waals surface area contributed by atoms with Gasteiger partial charge in [-0.15, -0.1) is 0 Å². The van der Waals surface area contributed by atoms with Crippen LogP contribution in [-0.4, -0.2) is 29.1 Å². The van der Waals surface area contributed by atoms with Crippen molar-refractivity contribution in [2.45, 2.75) is 45.1 Å². The highest BCUT2D eigenvalue weighted by Gasteiger charge is 2.11. The van der Waals surface area contributed by atoms with Gasteiger partial charge in [-0.3, -0.25) is 4.99 Å². The number of thiol groups is 1. The third-order valence-corrected chi connectivity index (χ3v) is 2.28. The average Bonchev–Trinajstić information content (AvgIpc) is 2.16. The van der Waals surface area contributed by atoms with Crippen molar-refractivity contribution in [2.24, 2.45) is 4.99 Å². The topological polar surface area (TPSA) is 49.7 Å². The quantitative estimate of drug-likeness (QED) is 0.372. The Kier molecular flexibility index (Phi) is 8.73. The lowest BCUT2D eigenvalue weighted by molar-refractivity contribution is -0.137. The van der Waals surface area contributed by atoms with Crippen LogP contribution >= 0.6 is 12.6 Å². The first-order valence-electron chi connectivity index (χ1n) is 5.07. The van der Waals surface area contributed by atoms with Crippen LogP contribution in [0.3, 0.4) is 0 Å². The summed E-state index contributed by atoms with van der Waals surface area (Å²) in [6, 6.07) is -0.676. The van der Waals surface area contributed by atoms with Crippen LogP contribution in [-0.2, 0) is 4.79 Å². The number of rotatable bonds is 8. The molecule has 0 heterocycles. The highest BCUT2D eigenvalue weighted by atomic mass is 32.1. The van der Waals surface area contributed by atoms with Crippen LogP contribution < -0.4 is 0 Å². The van der Waals surface area contributed by atoms with Gasteiger partial charge in [-0.2, -0.15) is 12.6 Å².